The number of carboxylic acid groups (broad SMARTS) is 1. The van der Waals surface area contributed by atoms with Crippen molar-refractivity contribution in [2.24, 2.45) is 5.14 Å². The molecule has 7 heterocycles. The van der Waals surface area contributed by atoms with E-state index in [4.69, 9.17) is 23.0 Å². The maximum atomic E-state index is 14.7. The van der Waals surface area contributed by atoms with Gasteiger partial charge in [-0.2, -0.15) is 0 Å². The third-order valence-corrected chi connectivity index (χ3v) is 12.6. The number of carbonyl (C=O) groups is 2. The number of furan rings is 2. The number of rotatable bonds is 11. The standard InChI is InChI=1S/C25H19F2N3O5S.C24H16F2N2O4.C4H8O.CH5NO2S.2CH4/c1-34-25-17(4-3-10-28-25)22-21-16-9-11-35-20(16)8-7-19(21)30(23(22)24(31)29-36(2,32)33)13-14-5-6-15(26)12-18(14)27;1-31-23-16(3-2-9-27-23)21-20-15-8-10-32-19(15)7-6-18(20)28(22(21)24(29)30)12-13-4-5-14(25)11-17(13)26;1-2-4-5-3-1;1-5(2,3)4;;/h3-12H,13H2,1-2H3,(H,29,31);2-11H,12H2,1H3,(H,29,30);1-4H2;1H3,(H2,2,3,4);2*1H4. The summed E-state index contributed by atoms with van der Waals surface area (Å²) in [5.41, 5.74) is 3.85. The first-order chi connectivity index (χ1) is 37.2. The van der Waals surface area contributed by atoms with E-state index < -0.39 is 55.2 Å². The lowest BCUT2D eigenvalue weighted by atomic mass is 10.00. The summed E-state index contributed by atoms with van der Waals surface area (Å²) in [6, 6.07) is 23.4. The molecule has 4 N–H and O–H groups in total. The van der Waals surface area contributed by atoms with Gasteiger partial charge in [-0.1, -0.05) is 27.0 Å². The zero-order valence-corrected chi connectivity index (χ0v) is 43.6. The number of nitrogens with two attached hydrogens (primary N) is 1. The minimum atomic E-state index is -3.96. The first-order valence-corrected chi connectivity index (χ1v) is 27.2. The number of aromatic carboxylic acids is 1. The fourth-order valence-corrected chi connectivity index (χ4v) is 9.39. The van der Waals surface area contributed by atoms with E-state index in [2.05, 4.69) is 15.1 Å². The third-order valence-electron chi connectivity index (χ3n) is 12.0. The minimum Gasteiger partial charge on any atom is -0.481 e. The first kappa shape index (κ1) is 60.6. The van der Waals surface area contributed by atoms with Crippen LogP contribution in [0.25, 0.3) is 66.0 Å². The summed E-state index contributed by atoms with van der Waals surface area (Å²) in [7, 11) is -4.26. The van der Waals surface area contributed by atoms with Crippen LogP contribution < -0.4 is 19.3 Å². The van der Waals surface area contributed by atoms with Crippen LogP contribution in [-0.2, 0) is 37.9 Å². The number of nitrogens with one attached hydrogen (secondary N) is 1. The number of methoxy groups -OCH3 is 2. The number of carboxylic acids is 1. The molecule has 1 aliphatic heterocycles. The van der Waals surface area contributed by atoms with Crippen LogP contribution in [0.1, 0.15) is 59.8 Å². The highest BCUT2D eigenvalue weighted by atomic mass is 32.2. The SMILES string of the molecule is C.C.C1CCOC1.COc1ncccc1-c1c(C(=O)NS(C)(=O)=O)n(Cc2ccc(F)cc2F)c2ccc3occc3c12.COc1ncccc1-c1c(C(=O)O)n(Cc2ccc(F)cc2F)c2ccc3occc3c12.CS(N)(=O)=O. The van der Waals surface area contributed by atoms with Crippen LogP contribution in [0.2, 0.25) is 0 Å². The smallest absolute Gasteiger partial charge is 0.353 e. The molecular weight excluding hydrogens is 1090 g/mol. The van der Waals surface area contributed by atoms with Gasteiger partial charge in [0.1, 0.15) is 45.8 Å². The lowest BCUT2D eigenvalue weighted by Gasteiger charge is -2.14. The molecule has 6 aromatic heterocycles. The highest BCUT2D eigenvalue weighted by Gasteiger charge is 2.31. The van der Waals surface area contributed by atoms with Gasteiger partial charge in [-0.05, 0) is 85.6 Å². The van der Waals surface area contributed by atoms with Crippen molar-refractivity contribution in [3.05, 3.63) is 168 Å². The Balaban J connectivity index is 0.000000216. The fourth-order valence-electron chi connectivity index (χ4n) is 8.95. The second-order valence-corrected chi connectivity index (χ2v) is 20.9. The summed E-state index contributed by atoms with van der Waals surface area (Å²) < 4.78 is 131. The van der Waals surface area contributed by atoms with Crippen molar-refractivity contribution in [1.82, 2.24) is 23.8 Å². The van der Waals surface area contributed by atoms with Crippen molar-refractivity contribution in [1.29, 1.82) is 0 Å². The number of halogens is 4. The molecule has 18 nitrogen and oxygen atoms in total. The molecule has 1 aliphatic rings. The second-order valence-electron chi connectivity index (χ2n) is 17.5. The number of carbonyl (C=O) groups excluding carboxylic acids is 1. The van der Waals surface area contributed by atoms with E-state index >= 15 is 0 Å². The summed E-state index contributed by atoms with van der Waals surface area (Å²) in [4.78, 5) is 34.5. The number of benzene rings is 4. The van der Waals surface area contributed by atoms with Crippen molar-refractivity contribution in [3.8, 4) is 34.0 Å². The summed E-state index contributed by atoms with van der Waals surface area (Å²) >= 11 is 0. The zero-order valence-electron chi connectivity index (χ0n) is 41.9. The number of ether oxygens (including phenoxy) is 3. The Hall–Kier alpha value is -8.58. The van der Waals surface area contributed by atoms with E-state index in [9.17, 15) is 49.1 Å². The normalized spacial score (nSPS) is 12.1. The van der Waals surface area contributed by atoms with Crippen molar-refractivity contribution in [2.45, 2.75) is 40.8 Å². The van der Waals surface area contributed by atoms with Gasteiger partial charge in [0.15, 0.2) is 0 Å². The number of sulfonamides is 2. The van der Waals surface area contributed by atoms with E-state index in [0.717, 1.165) is 50.0 Å². The predicted octanol–water partition coefficient (Wildman–Crippen LogP) is 10.9. The van der Waals surface area contributed by atoms with Crippen LogP contribution >= 0.6 is 0 Å². The zero-order chi connectivity index (χ0) is 56.1. The maximum absolute atomic E-state index is 14.7. The number of hydrogen-bond donors (Lipinski definition) is 3. The summed E-state index contributed by atoms with van der Waals surface area (Å²) in [6.45, 7) is 1.69. The largest absolute Gasteiger partial charge is 0.481 e. The Morgan fingerprint density at radius 3 is 1.46 bits per heavy atom. The van der Waals surface area contributed by atoms with E-state index in [0.29, 0.717) is 66.0 Å². The van der Waals surface area contributed by atoms with Crippen LogP contribution in [0.4, 0.5) is 17.6 Å². The second kappa shape index (κ2) is 25.5. The molecule has 80 heavy (non-hydrogen) atoms. The minimum absolute atomic E-state index is 0. The Morgan fingerprint density at radius 2 is 1.09 bits per heavy atom. The quantitative estimate of drug-likeness (QED) is 0.102. The Kier molecular flexibility index (Phi) is 19.3. The van der Waals surface area contributed by atoms with Gasteiger partial charge in [0, 0.05) is 92.7 Å². The van der Waals surface area contributed by atoms with Gasteiger partial charge in [0.25, 0.3) is 5.91 Å². The number of amides is 1. The van der Waals surface area contributed by atoms with Crippen LogP contribution in [0.3, 0.4) is 0 Å². The molecule has 1 fully saturated rings. The fraction of sp³-hybridized carbons (Fsp3) is 0.214. The van der Waals surface area contributed by atoms with Crippen molar-refractivity contribution < 1.29 is 72.1 Å². The molecule has 0 spiro atoms. The van der Waals surface area contributed by atoms with E-state index in [-0.39, 0.29) is 62.2 Å². The first-order valence-electron chi connectivity index (χ1n) is 23.4. The molecule has 4 aromatic carbocycles. The van der Waals surface area contributed by atoms with E-state index in [1.165, 1.54) is 67.1 Å². The lowest BCUT2D eigenvalue weighted by Crippen LogP contribution is -2.31. The number of nitrogens with zero attached hydrogens (tertiary/aromatic N) is 4. The molecule has 24 heteroatoms. The number of primary sulfonamides is 1. The molecule has 0 bridgehead atoms. The summed E-state index contributed by atoms with van der Waals surface area (Å²) in [5.74, 6) is -4.72. The molecule has 11 rings (SSSR count). The predicted molar refractivity (Wildman–Crippen MR) is 296 cm³/mol. The Morgan fingerprint density at radius 1 is 0.662 bits per heavy atom. The van der Waals surface area contributed by atoms with Crippen LogP contribution in [0.5, 0.6) is 11.8 Å². The Labute approximate surface area is 457 Å². The molecular formula is C56H56F4N6O12S2. The van der Waals surface area contributed by atoms with Gasteiger partial charge in [-0.25, -0.2) is 59.0 Å². The Bertz CT molecular complexity index is 4100. The maximum Gasteiger partial charge on any atom is 0.353 e. The number of pyridine rings is 2. The van der Waals surface area contributed by atoms with Crippen LogP contribution in [0, 0.1) is 23.3 Å². The lowest BCUT2D eigenvalue weighted by molar-refractivity contribution is 0.0686. The molecule has 1 amide bonds. The number of hydrogen-bond acceptors (Lipinski definition) is 13. The molecule has 0 radical (unpaired) electrons. The molecule has 0 atom stereocenters. The number of aromatic nitrogens is 4. The third kappa shape index (κ3) is 13.5. The van der Waals surface area contributed by atoms with E-state index in [1.54, 1.807) is 66.9 Å². The van der Waals surface area contributed by atoms with Gasteiger partial charge < -0.3 is 37.3 Å². The molecule has 422 valence electrons. The molecule has 10 aromatic rings. The van der Waals surface area contributed by atoms with Gasteiger partial charge >= 0.3 is 5.97 Å². The molecule has 0 saturated carbocycles. The topological polar surface area (TPSA) is 250 Å². The summed E-state index contributed by atoms with van der Waals surface area (Å²) in [6.07, 6.45) is 10.4. The van der Waals surface area contributed by atoms with Gasteiger partial charge in [0.05, 0.1) is 63.4 Å². The monoisotopic (exact) mass is 1140 g/mol. The van der Waals surface area contributed by atoms with Crippen LogP contribution in [-0.4, -0.2) is 92.9 Å². The summed E-state index contributed by atoms with van der Waals surface area (Å²) in [5, 5.41) is 17.1. The van der Waals surface area contributed by atoms with Crippen molar-refractivity contribution in [2.75, 3.05) is 39.9 Å². The van der Waals surface area contributed by atoms with Crippen molar-refractivity contribution >= 4 is 75.7 Å². The average molecular weight is 1150 g/mol. The molecule has 0 aliphatic carbocycles. The van der Waals surface area contributed by atoms with Crippen LogP contribution in [0.15, 0.2) is 131 Å². The van der Waals surface area contributed by atoms with E-state index in [1.807, 2.05) is 4.72 Å². The highest BCUT2D eigenvalue weighted by Crippen LogP contribution is 2.45. The highest BCUT2D eigenvalue weighted by molar-refractivity contribution is 7.89. The number of fused-ring (bicyclic) bond motifs is 6. The van der Waals surface area contributed by atoms with Gasteiger partial charge in [-0.3, -0.25) is 4.79 Å². The van der Waals surface area contributed by atoms with Gasteiger partial charge in [-0.15, -0.1) is 0 Å². The van der Waals surface area contributed by atoms with Gasteiger partial charge in [0.2, 0.25) is 31.8 Å². The molecule has 0 unspecified atom stereocenters. The molecule has 1 saturated heterocycles. The van der Waals surface area contributed by atoms with Crippen molar-refractivity contribution in [3.63, 3.8) is 0 Å². The average Bonchev–Trinajstić information content (AvgIpc) is 4.34.